The number of nitrogens with two attached hydrogens (primary N) is 1. The fourth-order valence-corrected chi connectivity index (χ4v) is 4.42. The van der Waals surface area contributed by atoms with Crippen molar-refractivity contribution in [3.63, 3.8) is 0 Å². The Balaban J connectivity index is 1.69. The van der Waals surface area contributed by atoms with Gasteiger partial charge in [-0.05, 0) is 47.9 Å². The summed E-state index contributed by atoms with van der Waals surface area (Å²) >= 11 is 0. The van der Waals surface area contributed by atoms with Crippen LogP contribution >= 0.6 is 0 Å². The van der Waals surface area contributed by atoms with Gasteiger partial charge in [-0.3, -0.25) is 9.59 Å². The van der Waals surface area contributed by atoms with E-state index in [0.717, 1.165) is 30.4 Å². The van der Waals surface area contributed by atoms with Crippen LogP contribution < -0.4 is 11.1 Å². The predicted molar refractivity (Wildman–Crippen MR) is 125 cm³/mol. The Morgan fingerprint density at radius 1 is 1.06 bits per heavy atom. The number of rotatable bonds is 7. The lowest BCUT2D eigenvalue weighted by Crippen LogP contribution is -2.60. The highest BCUT2D eigenvalue weighted by atomic mass is 16.2. The van der Waals surface area contributed by atoms with Gasteiger partial charge in [-0.2, -0.15) is 0 Å². The van der Waals surface area contributed by atoms with Gasteiger partial charge >= 0.3 is 0 Å². The lowest BCUT2D eigenvalue weighted by Gasteiger charge is -2.45. The molecule has 1 aliphatic carbocycles. The van der Waals surface area contributed by atoms with Gasteiger partial charge in [-0.1, -0.05) is 72.4 Å². The SMILES string of the molecule is Cc1ccc(NC(=O)C2(N(Cc3ccccc3)C(=O)Cn3nnnc3N)CCCCC2)cc1. The zero-order valence-electron chi connectivity index (χ0n) is 18.8. The summed E-state index contributed by atoms with van der Waals surface area (Å²) in [4.78, 5) is 29.2. The third-order valence-corrected chi connectivity index (χ3v) is 6.26. The van der Waals surface area contributed by atoms with Gasteiger partial charge in [0.1, 0.15) is 12.1 Å². The highest BCUT2D eigenvalue weighted by molar-refractivity contribution is 6.00. The molecule has 172 valence electrons. The second kappa shape index (κ2) is 9.81. The molecule has 0 saturated heterocycles. The van der Waals surface area contributed by atoms with Gasteiger partial charge in [0.25, 0.3) is 0 Å². The minimum absolute atomic E-state index is 0.0600. The maximum Gasteiger partial charge on any atom is 0.250 e. The maximum absolute atomic E-state index is 13.8. The molecule has 33 heavy (non-hydrogen) atoms. The number of aryl methyl sites for hydroxylation is 1. The molecule has 1 aliphatic rings. The first kappa shape index (κ1) is 22.4. The number of carbonyl (C=O) groups is 2. The summed E-state index contributed by atoms with van der Waals surface area (Å²) < 4.78 is 1.26. The van der Waals surface area contributed by atoms with Crippen LogP contribution in [0.25, 0.3) is 0 Å². The van der Waals surface area contributed by atoms with E-state index in [-0.39, 0.29) is 24.3 Å². The molecule has 1 saturated carbocycles. The van der Waals surface area contributed by atoms with Crippen LogP contribution in [0.1, 0.15) is 43.2 Å². The number of nitrogens with zero attached hydrogens (tertiary/aromatic N) is 5. The number of nitrogens with one attached hydrogen (secondary N) is 1. The van der Waals surface area contributed by atoms with Crippen molar-refractivity contribution >= 4 is 23.5 Å². The van der Waals surface area contributed by atoms with E-state index in [4.69, 9.17) is 5.73 Å². The zero-order chi connectivity index (χ0) is 23.3. The van der Waals surface area contributed by atoms with Crippen LogP contribution in [-0.2, 0) is 22.7 Å². The Morgan fingerprint density at radius 3 is 2.39 bits per heavy atom. The van der Waals surface area contributed by atoms with Crippen LogP contribution in [0, 0.1) is 6.92 Å². The number of anilines is 2. The Hall–Kier alpha value is -3.75. The summed E-state index contributed by atoms with van der Waals surface area (Å²) in [5.41, 5.74) is 7.60. The molecule has 2 aromatic carbocycles. The van der Waals surface area contributed by atoms with E-state index in [0.29, 0.717) is 25.1 Å². The van der Waals surface area contributed by atoms with Crippen LogP contribution in [0.15, 0.2) is 54.6 Å². The number of amides is 2. The summed E-state index contributed by atoms with van der Waals surface area (Å²) in [6.07, 6.45) is 3.95. The van der Waals surface area contributed by atoms with Crippen LogP contribution in [0.2, 0.25) is 0 Å². The highest BCUT2D eigenvalue weighted by Gasteiger charge is 2.47. The van der Waals surface area contributed by atoms with Gasteiger partial charge in [0, 0.05) is 12.2 Å². The second-order valence-corrected chi connectivity index (χ2v) is 8.57. The van der Waals surface area contributed by atoms with Crippen molar-refractivity contribution in [3.8, 4) is 0 Å². The first-order chi connectivity index (χ1) is 16.0. The van der Waals surface area contributed by atoms with Crippen molar-refractivity contribution in [3.05, 3.63) is 65.7 Å². The lowest BCUT2D eigenvalue weighted by molar-refractivity contribution is -0.149. The smallest absolute Gasteiger partial charge is 0.250 e. The molecule has 0 unspecified atom stereocenters. The lowest BCUT2D eigenvalue weighted by atomic mass is 9.78. The van der Waals surface area contributed by atoms with E-state index >= 15 is 0 Å². The predicted octanol–water partition coefficient (Wildman–Crippen LogP) is 2.93. The minimum atomic E-state index is -0.973. The molecule has 4 rings (SSSR count). The fraction of sp³-hybridized carbons (Fsp3) is 0.375. The number of hydrogen-bond acceptors (Lipinski definition) is 6. The average Bonchev–Trinajstić information content (AvgIpc) is 3.24. The Bertz CT molecular complexity index is 1090. The number of hydrogen-bond donors (Lipinski definition) is 2. The molecule has 3 N–H and O–H groups in total. The van der Waals surface area contributed by atoms with E-state index in [9.17, 15) is 9.59 Å². The van der Waals surface area contributed by atoms with Crippen molar-refractivity contribution < 1.29 is 9.59 Å². The largest absolute Gasteiger partial charge is 0.367 e. The molecule has 3 aromatic rings. The van der Waals surface area contributed by atoms with Crippen molar-refractivity contribution in [2.45, 2.75) is 57.7 Å². The van der Waals surface area contributed by atoms with Gasteiger partial charge in [-0.25, -0.2) is 4.68 Å². The Kier molecular flexibility index (Phi) is 6.67. The maximum atomic E-state index is 13.8. The zero-order valence-corrected chi connectivity index (χ0v) is 18.8. The molecule has 1 fully saturated rings. The van der Waals surface area contributed by atoms with Crippen molar-refractivity contribution in [2.24, 2.45) is 0 Å². The summed E-state index contributed by atoms with van der Waals surface area (Å²) in [5.74, 6) is -0.358. The summed E-state index contributed by atoms with van der Waals surface area (Å²) in [6.45, 7) is 2.17. The molecule has 9 heteroatoms. The van der Waals surface area contributed by atoms with Gasteiger partial charge < -0.3 is 16.0 Å². The first-order valence-electron chi connectivity index (χ1n) is 11.2. The number of nitrogen functional groups attached to an aromatic ring is 1. The fourth-order valence-electron chi connectivity index (χ4n) is 4.42. The monoisotopic (exact) mass is 447 g/mol. The molecule has 0 spiro atoms. The third-order valence-electron chi connectivity index (χ3n) is 6.26. The third kappa shape index (κ3) is 5.02. The molecule has 0 bridgehead atoms. The molecule has 0 aliphatic heterocycles. The molecule has 1 aromatic heterocycles. The summed E-state index contributed by atoms with van der Waals surface area (Å²) in [5, 5.41) is 14.1. The van der Waals surface area contributed by atoms with Gasteiger partial charge in [-0.15, -0.1) is 0 Å². The quantitative estimate of drug-likeness (QED) is 0.575. The normalized spacial score (nSPS) is 15.1. The molecule has 2 amide bonds. The average molecular weight is 448 g/mol. The minimum Gasteiger partial charge on any atom is -0.367 e. The number of carbonyl (C=O) groups excluding carboxylic acids is 2. The van der Waals surface area contributed by atoms with E-state index < -0.39 is 5.54 Å². The molecule has 0 radical (unpaired) electrons. The van der Waals surface area contributed by atoms with Crippen LogP contribution in [-0.4, -0.2) is 42.5 Å². The molecular weight excluding hydrogens is 418 g/mol. The van der Waals surface area contributed by atoms with Crippen LogP contribution in [0.5, 0.6) is 0 Å². The van der Waals surface area contributed by atoms with E-state index in [1.165, 1.54) is 4.68 Å². The Labute approximate surface area is 193 Å². The van der Waals surface area contributed by atoms with Crippen LogP contribution in [0.3, 0.4) is 0 Å². The summed E-state index contributed by atoms with van der Waals surface area (Å²) in [6, 6.07) is 17.4. The molecule has 0 atom stereocenters. The second-order valence-electron chi connectivity index (χ2n) is 8.57. The molecular formula is C24H29N7O2. The standard InChI is InChI=1S/C24H29N7O2/c1-18-10-12-20(13-11-18)26-22(33)24(14-6-3-7-15-24)30(16-19-8-4-2-5-9-19)21(32)17-31-23(25)27-28-29-31/h2,4-5,8-13H,3,6-7,14-17H2,1H3,(H,26,33)(H2,25,27,29). The number of aromatic nitrogens is 4. The highest BCUT2D eigenvalue weighted by Crippen LogP contribution is 2.36. The van der Waals surface area contributed by atoms with Crippen LogP contribution in [0.4, 0.5) is 11.6 Å². The molecule has 9 nitrogen and oxygen atoms in total. The number of benzene rings is 2. The van der Waals surface area contributed by atoms with Crippen molar-refractivity contribution in [2.75, 3.05) is 11.1 Å². The van der Waals surface area contributed by atoms with E-state index in [2.05, 4.69) is 20.8 Å². The van der Waals surface area contributed by atoms with Gasteiger partial charge in [0.2, 0.25) is 17.8 Å². The van der Waals surface area contributed by atoms with E-state index in [1.807, 2.05) is 61.5 Å². The molecule has 1 heterocycles. The Morgan fingerprint density at radius 2 is 1.76 bits per heavy atom. The van der Waals surface area contributed by atoms with E-state index in [1.54, 1.807) is 4.90 Å². The van der Waals surface area contributed by atoms with Crippen molar-refractivity contribution in [1.82, 2.24) is 25.1 Å². The topological polar surface area (TPSA) is 119 Å². The van der Waals surface area contributed by atoms with Crippen molar-refractivity contribution in [1.29, 1.82) is 0 Å². The van der Waals surface area contributed by atoms with Gasteiger partial charge in [0.05, 0.1) is 0 Å². The van der Waals surface area contributed by atoms with Gasteiger partial charge in [0.15, 0.2) is 0 Å². The first-order valence-corrected chi connectivity index (χ1v) is 11.2. The number of tetrazole rings is 1. The summed E-state index contributed by atoms with van der Waals surface area (Å²) in [7, 11) is 0.